The van der Waals surface area contributed by atoms with Gasteiger partial charge in [-0.05, 0) is 31.2 Å². The zero-order valence-corrected chi connectivity index (χ0v) is 11.0. The molecule has 1 heterocycles. The first-order chi connectivity index (χ1) is 8.28. The van der Waals surface area contributed by atoms with Gasteiger partial charge in [-0.2, -0.15) is 0 Å². The van der Waals surface area contributed by atoms with E-state index in [2.05, 4.69) is 36.5 Å². The summed E-state index contributed by atoms with van der Waals surface area (Å²) in [6, 6.07) is 7.91. The van der Waals surface area contributed by atoms with Crippen molar-refractivity contribution in [3.05, 3.63) is 41.1 Å². The molecule has 0 unspecified atom stereocenters. The van der Waals surface area contributed by atoms with Crippen molar-refractivity contribution < 1.29 is 0 Å². The average molecular weight is 293 g/mol. The Morgan fingerprint density at radius 2 is 1.82 bits per heavy atom. The molecule has 0 aliphatic carbocycles. The van der Waals surface area contributed by atoms with Crippen LogP contribution in [0.15, 0.2) is 41.1 Å². The lowest BCUT2D eigenvalue weighted by atomic mass is 10.3. The smallest absolute Gasteiger partial charge is 0.151 e. The molecule has 2 aromatic rings. The first-order valence-electron chi connectivity index (χ1n) is 5.36. The second kappa shape index (κ2) is 5.63. The lowest BCUT2D eigenvalue weighted by Gasteiger charge is -2.07. The number of benzene rings is 1. The summed E-state index contributed by atoms with van der Waals surface area (Å²) in [4.78, 5) is 8.50. The maximum atomic E-state index is 4.38. The van der Waals surface area contributed by atoms with Gasteiger partial charge in [-0.3, -0.25) is 4.98 Å². The molecule has 0 radical (unpaired) electrons. The molecule has 17 heavy (non-hydrogen) atoms. The molecule has 5 heteroatoms. The monoisotopic (exact) mass is 292 g/mol. The first kappa shape index (κ1) is 11.9. The molecule has 1 aromatic heterocycles. The molecule has 0 aliphatic heterocycles. The molecule has 0 saturated carbocycles. The van der Waals surface area contributed by atoms with Crippen LogP contribution in [0.4, 0.5) is 17.3 Å². The summed E-state index contributed by atoms with van der Waals surface area (Å²) >= 11 is 3.40. The Labute approximate surface area is 109 Å². The molecule has 0 aliphatic rings. The van der Waals surface area contributed by atoms with Gasteiger partial charge in [-0.25, -0.2) is 4.98 Å². The van der Waals surface area contributed by atoms with Crippen LogP contribution in [0.25, 0.3) is 0 Å². The number of anilines is 3. The molecule has 88 valence electrons. The second-order valence-electron chi connectivity index (χ2n) is 3.45. The van der Waals surface area contributed by atoms with E-state index in [-0.39, 0.29) is 0 Å². The SMILES string of the molecule is CCNc1cncc(Nc2ccc(Br)cc2)n1. The van der Waals surface area contributed by atoms with Crippen LogP contribution in [0.5, 0.6) is 0 Å². The first-order valence-corrected chi connectivity index (χ1v) is 6.15. The Kier molecular flexibility index (Phi) is 3.93. The minimum Gasteiger partial charge on any atom is -0.369 e. The van der Waals surface area contributed by atoms with Crippen molar-refractivity contribution in [3.8, 4) is 0 Å². The van der Waals surface area contributed by atoms with E-state index in [0.29, 0.717) is 0 Å². The van der Waals surface area contributed by atoms with Crippen LogP contribution >= 0.6 is 15.9 Å². The van der Waals surface area contributed by atoms with Gasteiger partial charge in [0.15, 0.2) is 5.82 Å². The fraction of sp³-hybridized carbons (Fsp3) is 0.167. The molecule has 0 atom stereocenters. The summed E-state index contributed by atoms with van der Waals surface area (Å²) in [7, 11) is 0. The van der Waals surface area contributed by atoms with Gasteiger partial charge < -0.3 is 10.6 Å². The van der Waals surface area contributed by atoms with Gasteiger partial charge in [0.05, 0.1) is 12.4 Å². The van der Waals surface area contributed by atoms with Gasteiger partial charge in [0.2, 0.25) is 0 Å². The van der Waals surface area contributed by atoms with E-state index in [0.717, 1.165) is 28.3 Å². The van der Waals surface area contributed by atoms with E-state index < -0.39 is 0 Å². The summed E-state index contributed by atoms with van der Waals surface area (Å²) in [6.45, 7) is 2.85. The predicted octanol–water partition coefficient (Wildman–Crippen LogP) is 3.41. The van der Waals surface area contributed by atoms with Crippen LogP contribution in [0.1, 0.15) is 6.92 Å². The van der Waals surface area contributed by atoms with Gasteiger partial charge in [-0.15, -0.1) is 0 Å². The van der Waals surface area contributed by atoms with E-state index in [1.54, 1.807) is 12.4 Å². The van der Waals surface area contributed by atoms with E-state index in [1.165, 1.54) is 0 Å². The fourth-order valence-corrected chi connectivity index (χ4v) is 1.64. The molecule has 4 nitrogen and oxygen atoms in total. The second-order valence-corrected chi connectivity index (χ2v) is 4.37. The highest BCUT2D eigenvalue weighted by Crippen LogP contribution is 2.18. The standard InChI is InChI=1S/C12H13BrN4/c1-2-15-11-7-14-8-12(17-11)16-10-5-3-9(13)4-6-10/h3-8H,2H2,1H3,(H2,15,16,17). The van der Waals surface area contributed by atoms with Crippen LogP contribution in [-0.2, 0) is 0 Å². The molecule has 0 fully saturated rings. The quantitative estimate of drug-likeness (QED) is 0.907. The van der Waals surface area contributed by atoms with E-state index in [9.17, 15) is 0 Å². The van der Waals surface area contributed by atoms with Crippen molar-refractivity contribution in [2.24, 2.45) is 0 Å². The summed E-state index contributed by atoms with van der Waals surface area (Å²) in [5.41, 5.74) is 0.983. The van der Waals surface area contributed by atoms with Gasteiger partial charge in [0.1, 0.15) is 5.82 Å². The molecule has 0 spiro atoms. The molecule has 1 aromatic carbocycles. The lowest BCUT2D eigenvalue weighted by Crippen LogP contribution is -2.02. The maximum absolute atomic E-state index is 4.38. The summed E-state index contributed by atoms with van der Waals surface area (Å²) in [6.07, 6.45) is 3.40. The highest BCUT2D eigenvalue weighted by molar-refractivity contribution is 9.10. The highest BCUT2D eigenvalue weighted by atomic mass is 79.9. The average Bonchev–Trinajstić information content (AvgIpc) is 2.33. The zero-order chi connectivity index (χ0) is 12.1. The Balaban J connectivity index is 2.12. The molecular formula is C12H13BrN4. The van der Waals surface area contributed by atoms with Crippen molar-refractivity contribution >= 4 is 33.3 Å². The van der Waals surface area contributed by atoms with E-state index >= 15 is 0 Å². The third-order valence-electron chi connectivity index (χ3n) is 2.11. The molecule has 0 saturated heterocycles. The van der Waals surface area contributed by atoms with Gasteiger partial charge in [-0.1, -0.05) is 15.9 Å². The molecular weight excluding hydrogens is 280 g/mol. The van der Waals surface area contributed by atoms with E-state index in [4.69, 9.17) is 0 Å². The molecule has 0 amide bonds. The zero-order valence-electron chi connectivity index (χ0n) is 9.44. The Hall–Kier alpha value is -1.62. The van der Waals surface area contributed by atoms with Crippen molar-refractivity contribution in [2.45, 2.75) is 6.92 Å². The number of rotatable bonds is 4. The summed E-state index contributed by atoms with van der Waals surface area (Å²) < 4.78 is 1.05. The minimum absolute atomic E-state index is 0.728. The third kappa shape index (κ3) is 3.42. The number of halogens is 1. The predicted molar refractivity (Wildman–Crippen MR) is 73.6 cm³/mol. The fourth-order valence-electron chi connectivity index (χ4n) is 1.37. The van der Waals surface area contributed by atoms with Gasteiger partial charge >= 0.3 is 0 Å². The maximum Gasteiger partial charge on any atom is 0.151 e. The van der Waals surface area contributed by atoms with Crippen LogP contribution in [-0.4, -0.2) is 16.5 Å². The van der Waals surface area contributed by atoms with Crippen LogP contribution in [0.2, 0.25) is 0 Å². The third-order valence-corrected chi connectivity index (χ3v) is 2.64. The number of nitrogens with one attached hydrogen (secondary N) is 2. The minimum atomic E-state index is 0.728. The summed E-state index contributed by atoms with van der Waals surface area (Å²) in [5.74, 6) is 1.50. The molecule has 0 bridgehead atoms. The topological polar surface area (TPSA) is 49.8 Å². The Morgan fingerprint density at radius 1 is 1.12 bits per heavy atom. The molecule has 2 N–H and O–H groups in total. The van der Waals surface area contributed by atoms with Crippen LogP contribution < -0.4 is 10.6 Å². The number of nitrogens with zero attached hydrogens (tertiary/aromatic N) is 2. The summed E-state index contributed by atoms with van der Waals surface area (Å²) in [5, 5.41) is 6.32. The number of hydrogen-bond acceptors (Lipinski definition) is 4. The highest BCUT2D eigenvalue weighted by Gasteiger charge is 1.98. The van der Waals surface area contributed by atoms with E-state index in [1.807, 2.05) is 31.2 Å². The van der Waals surface area contributed by atoms with Crippen molar-refractivity contribution in [3.63, 3.8) is 0 Å². The number of hydrogen-bond donors (Lipinski definition) is 2. The van der Waals surface area contributed by atoms with Crippen molar-refractivity contribution in [1.29, 1.82) is 0 Å². The van der Waals surface area contributed by atoms with Gasteiger partial charge in [0.25, 0.3) is 0 Å². The largest absolute Gasteiger partial charge is 0.369 e. The van der Waals surface area contributed by atoms with Crippen molar-refractivity contribution in [2.75, 3.05) is 17.2 Å². The number of aromatic nitrogens is 2. The van der Waals surface area contributed by atoms with Crippen molar-refractivity contribution in [1.82, 2.24) is 9.97 Å². The Bertz CT molecular complexity index is 484. The lowest BCUT2D eigenvalue weighted by molar-refractivity contribution is 1.12. The van der Waals surface area contributed by atoms with Gasteiger partial charge in [0, 0.05) is 16.7 Å². The Morgan fingerprint density at radius 3 is 2.53 bits per heavy atom. The van der Waals surface area contributed by atoms with Crippen LogP contribution in [0, 0.1) is 0 Å². The molecule has 2 rings (SSSR count). The normalized spacial score (nSPS) is 10.0. The van der Waals surface area contributed by atoms with Crippen LogP contribution in [0.3, 0.4) is 0 Å².